The highest BCUT2D eigenvalue weighted by Gasteiger charge is 2.29. The molecule has 1 rings (SSSR count). The third-order valence-corrected chi connectivity index (χ3v) is 3.27. The molecule has 124 valence electrons. The van der Waals surface area contributed by atoms with Crippen molar-refractivity contribution in [3.8, 4) is 5.75 Å². The van der Waals surface area contributed by atoms with E-state index in [2.05, 4.69) is 5.32 Å². The van der Waals surface area contributed by atoms with Gasteiger partial charge in [0.25, 0.3) is 0 Å². The van der Waals surface area contributed by atoms with E-state index in [-0.39, 0.29) is 6.54 Å². The standard InChI is InChI=1S/C16H26N2O4/c1-15(2,3)22-14(19)18-13-8-7-11(20-5)9-12(13)16(4,10-17)21-6/h7-9H,10,17H2,1-6H3,(H,18,19). The molecular weight excluding hydrogens is 284 g/mol. The minimum absolute atomic E-state index is 0.250. The summed E-state index contributed by atoms with van der Waals surface area (Å²) in [6.45, 7) is 7.52. The van der Waals surface area contributed by atoms with Crippen LogP contribution >= 0.6 is 0 Å². The fraction of sp³-hybridized carbons (Fsp3) is 0.562. The first-order chi connectivity index (χ1) is 10.1. The molecule has 0 bridgehead atoms. The maximum Gasteiger partial charge on any atom is 0.412 e. The molecule has 3 N–H and O–H groups in total. The maximum atomic E-state index is 12.0. The lowest BCUT2D eigenvalue weighted by Crippen LogP contribution is -2.35. The molecule has 1 atom stereocenters. The van der Waals surface area contributed by atoms with Crippen molar-refractivity contribution in [1.82, 2.24) is 0 Å². The number of nitrogens with one attached hydrogen (secondary N) is 1. The van der Waals surface area contributed by atoms with Crippen LogP contribution in [0.3, 0.4) is 0 Å². The summed E-state index contributed by atoms with van der Waals surface area (Å²) in [6.07, 6.45) is -0.533. The molecule has 0 saturated heterocycles. The van der Waals surface area contributed by atoms with Crippen molar-refractivity contribution in [3.05, 3.63) is 23.8 Å². The van der Waals surface area contributed by atoms with Crippen molar-refractivity contribution in [3.63, 3.8) is 0 Å². The normalized spacial score (nSPS) is 14.1. The number of amides is 1. The molecule has 1 aromatic carbocycles. The van der Waals surface area contributed by atoms with Gasteiger partial charge in [0.1, 0.15) is 17.0 Å². The van der Waals surface area contributed by atoms with Gasteiger partial charge in [-0.15, -0.1) is 0 Å². The monoisotopic (exact) mass is 310 g/mol. The minimum atomic E-state index is -0.751. The summed E-state index contributed by atoms with van der Waals surface area (Å²) < 4.78 is 16.0. The van der Waals surface area contributed by atoms with E-state index in [1.165, 1.54) is 0 Å². The Morgan fingerprint density at radius 1 is 1.23 bits per heavy atom. The number of benzene rings is 1. The molecule has 0 aliphatic rings. The molecule has 0 aliphatic heterocycles. The summed E-state index contributed by atoms with van der Waals surface area (Å²) in [6, 6.07) is 5.29. The molecule has 0 heterocycles. The molecule has 0 saturated carbocycles. The van der Waals surface area contributed by atoms with E-state index in [4.69, 9.17) is 19.9 Å². The van der Waals surface area contributed by atoms with Crippen LogP contribution in [0.4, 0.5) is 10.5 Å². The first-order valence-electron chi connectivity index (χ1n) is 7.09. The van der Waals surface area contributed by atoms with Crippen LogP contribution in [0.1, 0.15) is 33.3 Å². The van der Waals surface area contributed by atoms with Crippen LogP contribution in [-0.2, 0) is 15.1 Å². The van der Waals surface area contributed by atoms with Crippen LogP contribution < -0.4 is 15.8 Å². The first-order valence-corrected chi connectivity index (χ1v) is 7.09. The highest BCUT2D eigenvalue weighted by Crippen LogP contribution is 2.33. The second kappa shape index (κ2) is 6.98. The average molecular weight is 310 g/mol. The van der Waals surface area contributed by atoms with Gasteiger partial charge in [-0.1, -0.05) is 0 Å². The Labute approximate surface area is 131 Å². The second-order valence-electron chi connectivity index (χ2n) is 6.18. The Bertz CT molecular complexity index is 519. The topological polar surface area (TPSA) is 82.8 Å². The number of rotatable bonds is 5. The van der Waals surface area contributed by atoms with E-state index < -0.39 is 17.3 Å². The van der Waals surface area contributed by atoms with Crippen molar-refractivity contribution in [1.29, 1.82) is 0 Å². The maximum absolute atomic E-state index is 12.0. The lowest BCUT2D eigenvalue weighted by atomic mass is 9.93. The second-order valence-corrected chi connectivity index (χ2v) is 6.18. The number of ether oxygens (including phenoxy) is 3. The van der Waals surface area contributed by atoms with Gasteiger partial charge in [-0.05, 0) is 45.9 Å². The number of hydrogen-bond acceptors (Lipinski definition) is 5. The van der Waals surface area contributed by atoms with E-state index in [1.54, 1.807) is 53.2 Å². The quantitative estimate of drug-likeness (QED) is 0.874. The Morgan fingerprint density at radius 2 is 1.86 bits per heavy atom. The van der Waals surface area contributed by atoms with Crippen molar-refractivity contribution in [2.24, 2.45) is 5.73 Å². The zero-order chi connectivity index (χ0) is 17.0. The number of anilines is 1. The molecule has 1 aromatic rings. The molecule has 0 radical (unpaired) electrons. The Hall–Kier alpha value is -1.79. The van der Waals surface area contributed by atoms with Gasteiger partial charge >= 0.3 is 6.09 Å². The minimum Gasteiger partial charge on any atom is -0.497 e. The Balaban J connectivity index is 3.16. The fourth-order valence-corrected chi connectivity index (χ4v) is 1.91. The summed E-state index contributed by atoms with van der Waals surface area (Å²) in [4.78, 5) is 12.0. The van der Waals surface area contributed by atoms with E-state index >= 15 is 0 Å². The highest BCUT2D eigenvalue weighted by atomic mass is 16.6. The third-order valence-electron chi connectivity index (χ3n) is 3.27. The Morgan fingerprint density at radius 3 is 2.32 bits per heavy atom. The molecule has 0 aromatic heterocycles. The molecular formula is C16H26N2O4. The van der Waals surface area contributed by atoms with Gasteiger partial charge in [-0.2, -0.15) is 0 Å². The smallest absolute Gasteiger partial charge is 0.412 e. The molecule has 22 heavy (non-hydrogen) atoms. The van der Waals surface area contributed by atoms with Crippen LogP contribution in [0.5, 0.6) is 5.75 Å². The SMILES string of the molecule is COc1ccc(NC(=O)OC(C)(C)C)c(C(C)(CN)OC)c1. The van der Waals surface area contributed by atoms with Crippen molar-refractivity contribution < 1.29 is 19.0 Å². The predicted molar refractivity (Wildman–Crippen MR) is 86.3 cm³/mol. The van der Waals surface area contributed by atoms with Crippen LogP contribution in [0.25, 0.3) is 0 Å². The lowest BCUT2D eigenvalue weighted by Gasteiger charge is -2.30. The molecule has 0 fully saturated rings. The molecule has 1 amide bonds. The van der Waals surface area contributed by atoms with Gasteiger partial charge in [0.05, 0.1) is 12.8 Å². The molecule has 6 heteroatoms. The van der Waals surface area contributed by atoms with E-state index in [0.717, 1.165) is 5.56 Å². The molecule has 0 spiro atoms. The van der Waals surface area contributed by atoms with Gasteiger partial charge in [0, 0.05) is 19.2 Å². The van der Waals surface area contributed by atoms with Gasteiger partial charge in [0.2, 0.25) is 0 Å². The van der Waals surface area contributed by atoms with Crippen LogP contribution in [0.15, 0.2) is 18.2 Å². The number of carbonyl (C=O) groups is 1. The van der Waals surface area contributed by atoms with Crippen LogP contribution in [-0.4, -0.2) is 32.5 Å². The summed E-state index contributed by atoms with van der Waals surface area (Å²) in [5.41, 5.74) is 5.81. The zero-order valence-electron chi connectivity index (χ0n) is 14.1. The van der Waals surface area contributed by atoms with Crippen LogP contribution in [0, 0.1) is 0 Å². The van der Waals surface area contributed by atoms with E-state index in [9.17, 15) is 4.79 Å². The highest BCUT2D eigenvalue weighted by molar-refractivity contribution is 5.86. The zero-order valence-corrected chi connectivity index (χ0v) is 14.1. The lowest BCUT2D eigenvalue weighted by molar-refractivity contribution is 0.0105. The molecule has 1 unspecified atom stereocenters. The van der Waals surface area contributed by atoms with Crippen molar-refractivity contribution in [2.45, 2.75) is 38.9 Å². The van der Waals surface area contributed by atoms with Crippen molar-refractivity contribution >= 4 is 11.8 Å². The third kappa shape index (κ3) is 4.61. The number of methoxy groups -OCH3 is 2. The summed E-state index contributed by atoms with van der Waals surface area (Å²) in [5.74, 6) is 0.654. The average Bonchev–Trinajstić information content (AvgIpc) is 2.44. The van der Waals surface area contributed by atoms with Gasteiger partial charge in [-0.25, -0.2) is 4.79 Å². The van der Waals surface area contributed by atoms with E-state index in [0.29, 0.717) is 11.4 Å². The van der Waals surface area contributed by atoms with Crippen LogP contribution in [0.2, 0.25) is 0 Å². The largest absolute Gasteiger partial charge is 0.497 e. The van der Waals surface area contributed by atoms with E-state index in [1.807, 2.05) is 6.92 Å². The summed E-state index contributed by atoms with van der Waals surface area (Å²) >= 11 is 0. The Kier molecular flexibility index (Phi) is 5.79. The number of hydrogen-bond donors (Lipinski definition) is 2. The fourth-order valence-electron chi connectivity index (χ4n) is 1.91. The summed E-state index contributed by atoms with van der Waals surface area (Å²) in [7, 11) is 3.15. The van der Waals surface area contributed by atoms with Gasteiger partial charge in [-0.3, -0.25) is 5.32 Å². The number of nitrogens with two attached hydrogens (primary N) is 1. The summed E-state index contributed by atoms with van der Waals surface area (Å²) in [5, 5.41) is 2.74. The first kappa shape index (κ1) is 18.3. The number of carbonyl (C=O) groups excluding carboxylic acids is 1. The molecule has 6 nitrogen and oxygen atoms in total. The van der Waals surface area contributed by atoms with Crippen molar-refractivity contribution in [2.75, 3.05) is 26.1 Å². The predicted octanol–water partition coefficient (Wildman–Crippen LogP) is 2.86. The van der Waals surface area contributed by atoms with Gasteiger partial charge < -0.3 is 19.9 Å². The van der Waals surface area contributed by atoms with Gasteiger partial charge in [0.15, 0.2) is 0 Å². The molecule has 0 aliphatic carbocycles.